The van der Waals surface area contributed by atoms with Gasteiger partial charge in [0.2, 0.25) is 0 Å². The molecule has 0 aliphatic carbocycles. The van der Waals surface area contributed by atoms with Crippen LogP contribution in [0.3, 0.4) is 0 Å². The zero-order valence-electron chi connectivity index (χ0n) is 24.7. The van der Waals surface area contributed by atoms with Gasteiger partial charge in [0.05, 0.1) is 12.0 Å². The number of aromatic amines is 1. The summed E-state index contributed by atoms with van der Waals surface area (Å²) in [5, 5.41) is 0. The van der Waals surface area contributed by atoms with Crippen molar-refractivity contribution in [1.29, 1.82) is 0 Å². The van der Waals surface area contributed by atoms with E-state index in [-0.39, 0.29) is 0 Å². The Hall–Kier alpha value is -0.790. The van der Waals surface area contributed by atoms with Gasteiger partial charge in [0.1, 0.15) is 12.4 Å². The maximum atomic E-state index is 3.69. The molecule has 206 valence electrons. The highest BCUT2D eigenvalue weighted by Crippen LogP contribution is 2.27. The Morgan fingerprint density at radius 1 is 0.543 bits per heavy atom. The summed E-state index contributed by atoms with van der Waals surface area (Å²) in [6.07, 6.45) is 38.3. The standard InChI is InChI=1S/C33H64N2/c1-5-8-11-14-16-17-18-19-20-21-23-26-31(4)35-30-29-34-33(35)32(27-24-13-10-7-3)28-25-22-15-12-9-6-2/h29-32H,5-28H2,1-4H3/p+1. The Kier molecular flexibility index (Phi) is 21.7. The average molecular weight is 490 g/mol. The molecule has 0 amide bonds. The van der Waals surface area contributed by atoms with Crippen molar-refractivity contribution in [3.63, 3.8) is 0 Å². The molecule has 0 bridgehead atoms. The quantitative estimate of drug-likeness (QED) is 0.0985. The Labute approximate surface area is 221 Å². The van der Waals surface area contributed by atoms with E-state index in [1.54, 1.807) is 0 Å². The summed E-state index contributed by atoms with van der Waals surface area (Å²) in [6, 6.07) is 0.623. The fourth-order valence-electron chi connectivity index (χ4n) is 5.72. The van der Waals surface area contributed by atoms with Crippen LogP contribution in [0.1, 0.15) is 200 Å². The number of imidazole rings is 1. The van der Waals surface area contributed by atoms with Crippen LogP contribution in [0.5, 0.6) is 0 Å². The molecule has 0 radical (unpaired) electrons. The molecule has 1 rings (SSSR count). The molecule has 0 aliphatic heterocycles. The van der Waals surface area contributed by atoms with Crippen LogP contribution in [0, 0.1) is 0 Å². The molecule has 2 heteroatoms. The van der Waals surface area contributed by atoms with Crippen LogP contribution in [0.4, 0.5) is 0 Å². The molecule has 1 aromatic rings. The molecule has 0 saturated heterocycles. The smallest absolute Gasteiger partial charge is 0.247 e. The van der Waals surface area contributed by atoms with E-state index >= 15 is 0 Å². The van der Waals surface area contributed by atoms with E-state index in [0.717, 1.165) is 0 Å². The zero-order chi connectivity index (χ0) is 25.4. The van der Waals surface area contributed by atoms with Gasteiger partial charge in [0.15, 0.2) is 0 Å². The summed E-state index contributed by atoms with van der Waals surface area (Å²) >= 11 is 0. The summed E-state index contributed by atoms with van der Waals surface area (Å²) in [4.78, 5) is 3.69. The van der Waals surface area contributed by atoms with E-state index in [2.05, 4.69) is 49.6 Å². The van der Waals surface area contributed by atoms with E-state index in [0.29, 0.717) is 12.0 Å². The minimum atomic E-state index is 0.623. The Balaban J connectivity index is 2.37. The summed E-state index contributed by atoms with van der Waals surface area (Å²) in [6.45, 7) is 9.39. The molecule has 1 heterocycles. The first kappa shape index (κ1) is 32.2. The largest absolute Gasteiger partial charge is 0.257 e. The number of hydrogen-bond acceptors (Lipinski definition) is 0. The first-order chi connectivity index (χ1) is 17.2. The van der Waals surface area contributed by atoms with Gasteiger partial charge in [-0.15, -0.1) is 0 Å². The lowest BCUT2D eigenvalue weighted by Gasteiger charge is -2.17. The zero-order valence-corrected chi connectivity index (χ0v) is 24.7. The first-order valence-corrected chi connectivity index (χ1v) is 16.3. The highest BCUT2D eigenvalue weighted by molar-refractivity contribution is 4.90. The lowest BCUT2D eigenvalue weighted by molar-refractivity contribution is -0.727. The minimum absolute atomic E-state index is 0.623. The third-order valence-electron chi connectivity index (χ3n) is 8.14. The number of rotatable bonds is 26. The fraction of sp³-hybridized carbons (Fsp3) is 0.909. The molecular formula is C33H65N2+. The summed E-state index contributed by atoms with van der Waals surface area (Å²) < 4.78 is 2.61. The number of unbranched alkanes of at least 4 members (excludes halogenated alkanes) is 18. The normalized spacial score (nSPS) is 13.4. The maximum Gasteiger partial charge on any atom is 0.257 e. The first-order valence-electron chi connectivity index (χ1n) is 16.3. The molecule has 0 spiro atoms. The molecule has 2 nitrogen and oxygen atoms in total. The predicted octanol–water partition coefficient (Wildman–Crippen LogP) is 11.4. The van der Waals surface area contributed by atoms with Crippen molar-refractivity contribution < 1.29 is 4.57 Å². The Bertz CT molecular complexity index is 549. The van der Waals surface area contributed by atoms with Gasteiger partial charge >= 0.3 is 0 Å². The summed E-state index contributed by atoms with van der Waals surface area (Å²) in [5.74, 6) is 2.23. The van der Waals surface area contributed by atoms with Crippen LogP contribution in [-0.2, 0) is 0 Å². The number of hydrogen-bond donors (Lipinski definition) is 1. The van der Waals surface area contributed by atoms with Crippen molar-refractivity contribution in [3.05, 3.63) is 18.2 Å². The van der Waals surface area contributed by atoms with Crippen LogP contribution in [0.15, 0.2) is 12.4 Å². The molecular weight excluding hydrogens is 424 g/mol. The summed E-state index contributed by atoms with van der Waals surface area (Å²) in [7, 11) is 0. The minimum Gasteiger partial charge on any atom is -0.247 e. The van der Waals surface area contributed by atoms with Crippen molar-refractivity contribution in [2.45, 2.75) is 194 Å². The average Bonchev–Trinajstić information content (AvgIpc) is 3.35. The van der Waals surface area contributed by atoms with Crippen LogP contribution >= 0.6 is 0 Å². The van der Waals surface area contributed by atoms with Gasteiger partial charge in [0, 0.05) is 0 Å². The second-order valence-electron chi connectivity index (χ2n) is 11.5. The Morgan fingerprint density at radius 3 is 1.37 bits per heavy atom. The van der Waals surface area contributed by atoms with Crippen molar-refractivity contribution in [2.75, 3.05) is 0 Å². The van der Waals surface area contributed by atoms with Gasteiger partial charge in [-0.3, -0.25) is 0 Å². The predicted molar refractivity (Wildman–Crippen MR) is 156 cm³/mol. The lowest BCUT2D eigenvalue weighted by atomic mass is 9.93. The van der Waals surface area contributed by atoms with Gasteiger partial charge in [0.25, 0.3) is 5.82 Å². The van der Waals surface area contributed by atoms with E-state index in [4.69, 9.17) is 0 Å². The molecule has 2 atom stereocenters. The monoisotopic (exact) mass is 490 g/mol. The third kappa shape index (κ3) is 16.6. The second kappa shape index (κ2) is 23.6. The molecule has 0 aromatic carbocycles. The topological polar surface area (TPSA) is 19.7 Å². The molecule has 1 N–H and O–H groups in total. The highest BCUT2D eigenvalue weighted by Gasteiger charge is 2.25. The highest BCUT2D eigenvalue weighted by atomic mass is 15.1. The van der Waals surface area contributed by atoms with E-state index < -0.39 is 0 Å². The molecule has 0 saturated carbocycles. The number of aromatic nitrogens is 2. The third-order valence-corrected chi connectivity index (χ3v) is 8.14. The summed E-state index contributed by atoms with van der Waals surface area (Å²) in [5.41, 5.74) is 0. The van der Waals surface area contributed by atoms with Crippen LogP contribution < -0.4 is 4.57 Å². The van der Waals surface area contributed by atoms with Gasteiger partial charge < -0.3 is 0 Å². The van der Waals surface area contributed by atoms with Crippen LogP contribution in [-0.4, -0.2) is 4.98 Å². The van der Waals surface area contributed by atoms with Gasteiger partial charge in [-0.05, 0) is 32.6 Å². The molecule has 1 aromatic heterocycles. The molecule has 0 fully saturated rings. The Morgan fingerprint density at radius 2 is 0.914 bits per heavy atom. The SMILES string of the molecule is CCCCCCCCCCCCCC(C)[n+]1cc[nH]c1C(CCCCCC)CCCCCCCC. The van der Waals surface area contributed by atoms with Gasteiger partial charge in [-0.1, -0.05) is 149 Å². The van der Waals surface area contributed by atoms with Crippen LogP contribution in [0.25, 0.3) is 0 Å². The maximum absolute atomic E-state index is 3.69. The second-order valence-corrected chi connectivity index (χ2v) is 11.5. The number of nitrogens with one attached hydrogen (secondary N) is 1. The fourth-order valence-corrected chi connectivity index (χ4v) is 5.72. The molecule has 2 unspecified atom stereocenters. The lowest BCUT2D eigenvalue weighted by Crippen LogP contribution is -2.41. The van der Waals surface area contributed by atoms with E-state index in [1.807, 2.05) is 0 Å². The van der Waals surface area contributed by atoms with Crippen molar-refractivity contribution >= 4 is 0 Å². The molecule has 0 aliphatic rings. The van der Waals surface area contributed by atoms with Crippen LogP contribution in [0.2, 0.25) is 0 Å². The number of nitrogens with zero attached hydrogens (tertiary/aromatic N) is 1. The van der Waals surface area contributed by atoms with Crippen molar-refractivity contribution in [3.8, 4) is 0 Å². The molecule has 35 heavy (non-hydrogen) atoms. The number of H-pyrrole nitrogens is 1. The van der Waals surface area contributed by atoms with Crippen molar-refractivity contribution in [2.24, 2.45) is 0 Å². The van der Waals surface area contributed by atoms with Gasteiger partial charge in [-0.2, -0.15) is 0 Å². The van der Waals surface area contributed by atoms with E-state index in [1.165, 1.54) is 160 Å². The van der Waals surface area contributed by atoms with Crippen molar-refractivity contribution in [1.82, 2.24) is 4.98 Å². The van der Waals surface area contributed by atoms with Gasteiger partial charge in [-0.25, -0.2) is 9.55 Å². The van der Waals surface area contributed by atoms with E-state index in [9.17, 15) is 0 Å².